The Morgan fingerprint density at radius 2 is 1.88 bits per heavy atom. The van der Waals surface area contributed by atoms with E-state index >= 15 is 0 Å². The van der Waals surface area contributed by atoms with Crippen molar-refractivity contribution in [1.29, 1.82) is 0 Å². The molecule has 0 N–H and O–H groups in total. The minimum absolute atomic E-state index is 0.0643. The molecule has 0 radical (unpaired) electrons. The topological polar surface area (TPSA) is 63.9 Å². The van der Waals surface area contributed by atoms with Crippen molar-refractivity contribution in [2.75, 3.05) is 13.1 Å². The number of para-hydroxylation sites is 1. The summed E-state index contributed by atoms with van der Waals surface area (Å²) in [6.07, 6.45) is -0.223. The molecule has 1 aromatic carbocycles. The highest BCUT2D eigenvalue weighted by Gasteiger charge is 2.31. The first-order valence-corrected chi connectivity index (χ1v) is 12.8. The van der Waals surface area contributed by atoms with Crippen LogP contribution in [-0.2, 0) is 0 Å². The highest BCUT2D eigenvalue weighted by molar-refractivity contribution is 7.12. The van der Waals surface area contributed by atoms with E-state index in [-0.39, 0.29) is 22.3 Å². The van der Waals surface area contributed by atoms with Crippen LogP contribution in [0.4, 0.5) is 8.78 Å². The molecule has 1 saturated heterocycles. The van der Waals surface area contributed by atoms with Gasteiger partial charge in [-0.25, -0.2) is 18.4 Å². The Hall–Kier alpha value is -2.40. The Morgan fingerprint density at radius 1 is 1.15 bits per heavy atom. The molecule has 1 fully saturated rings. The van der Waals surface area contributed by atoms with Gasteiger partial charge >= 0.3 is 0 Å². The average molecular weight is 540 g/mol. The maximum Gasteiger partial charge on any atom is 0.281 e. The molecule has 4 aromatic rings. The third-order valence-electron chi connectivity index (χ3n) is 5.73. The van der Waals surface area contributed by atoms with Crippen molar-refractivity contribution in [2.45, 2.75) is 25.2 Å². The van der Waals surface area contributed by atoms with Gasteiger partial charge in [0.05, 0.1) is 38.0 Å². The van der Waals surface area contributed by atoms with Gasteiger partial charge in [-0.2, -0.15) is 9.47 Å². The first kappa shape index (κ1) is 23.3. The fourth-order valence-electron chi connectivity index (χ4n) is 4.01. The van der Waals surface area contributed by atoms with Crippen LogP contribution in [0.5, 0.6) is 0 Å². The van der Waals surface area contributed by atoms with Gasteiger partial charge in [-0.3, -0.25) is 4.79 Å². The summed E-state index contributed by atoms with van der Waals surface area (Å²) in [6.45, 7) is 0.898. The molecule has 0 saturated carbocycles. The summed E-state index contributed by atoms with van der Waals surface area (Å²) in [5, 5.41) is 7.62. The third kappa shape index (κ3) is 4.35. The van der Waals surface area contributed by atoms with Crippen molar-refractivity contribution in [1.82, 2.24) is 24.0 Å². The fraction of sp³-hybridized carbons (Fsp3) is 0.273. The molecular formula is C22H17Cl2F2N5OS2. The second kappa shape index (κ2) is 9.69. The Morgan fingerprint density at radius 3 is 2.53 bits per heavy atom. The number of likely N-dealkylation sites (tertiary alicyclic amines) is 1. The number of alkyl halides is 2. The molecule has 0 spiro atoms. The average Bonchev–Trinajstić information content (AvgIpc) is 3.59. The zero-order valence-corrected chi connectivity index (χ0v) is 20.6. The normalized spacial score (nSPS) is 14.8. The molecule has 1 aliphatic rings. The Labute approximate surface area is 211 Å². The largest absolute Gasteiger partial charge is 0.338 e. The van der Waals surface area contributed by atoms with E-state index in [1.165, 1.54) is 29.1 Å². The second-order valence-electron chi connectivity index (χ2n) is 7.75. The number of thiazole rings is 1. The van der Waals surface area contributed by atoms with Crippen LogP contribution in [0.2, 0.25) is 10.2 Å². The SMILES string of the molecule is O=C(c1cnn(-c2ccccc2)c1C(F)F)N1CCC(c2nc(-c3snc(Cl)c3Cl)cs2)CC1. The summed E-state index contributed by atoms with van der Waals surface area (Å²) in [5.41, 5.74) is 0.772. The highest BCUT2D eigenvalue weighted by atomic mass is 35.5. The van der Waals surface area contributed by atoms with Crippen LogP contribution in [-0.4, -0.2) is 43.0 Å². The molecule has 1 amide bonds. The summed E-state index contributed by atoms with van der Waals surface area (Å²) in [6, 6.07) is 8.61. The van der Waals surface area contributed by atoms with Gasteiger partial charge in [-0.15, -0.1) is 11.3 Å². The van der Waals surface area contributed by atoms with E-state index in [1.807, 2.05) is 5.38 Å². The number of carbonyl (C=O) groups is 1. The van der Waals surface area contributed by atoms with E-state index in [9.17, 15) is 13.6 Å². The van der Waals surface area contributed by atoms with E-state index in [0.717, 1.165) is 20.3 Å². The smallest absolute Gasteiger partial charge is 0.281 e. The second-order valence-corrected chi connectivity index (χ2v) is 10.1. The minimum atomic E-state index is -2.83. The van der Waals surface area contributed by atoms with Gasteiger partial charge in [-0.05, 0) is 36.5 Å². The van der Waals surface area contributed by atoms with E-state index in [0.29, 0.717) is 36.6 Å². The Balaban J connectivity index is 1.30. The van der Waals surface area contributed by atoms with Crippen LogP contribution in [0.25, 0.3) is 16.3 Å². The van der Waals surface area contributed by atoms with Crippen LogP contribution >= 0.6 is 46.1 Å². The van der Waals surface area contributed by atoms with Crippen LogP contribution in [0, 0.1) is 0 Å². The molecule has 3 aromatic heterocycles. The van der Waals surface area contributed by atoms with Crippen LogP contribution in [0.1, 0.15) is 46.2 Å². The van der Waals surface area contributed by atoms with E-state index in [1.54, 1.807) is 35.2 Å². The number of benzene rings is 1. The number of halogens is 4. The van der Waals surface area contributed by atoms with E-state index < -0.39 is 12.3 Å². The van der Waals surface area contributed by atoms with Gasteiger partial charge in [0.15, 0.2) is 5.15 Å². The first-order chi connectivity index (χ1) is 16.4. The maximum atomic E-state index is 13.9. The summed E-state index contributed by atoms with van der Waals surface area (Å²) in [5.74, 6) is -0.256. The fourth-order valence-corrected chi connectivity index (χ4v) is 6.25. The molecule has 1 aliphatic heterocycles. The summed E-state index contributed by atoms with van der Waals surface area (Å²) in [4.78, 5) is 20.2. The molecule has 176 valence electrons. The Kier molecular flexibility index (Phi) is 6.65. The van der Waals surface area contributed by atoms with Crippen molar-refractivity contribution in [3.63, 3.8) is 0 Å². The first-order valence-electron chi connectivity index (χ1n) is 10.4. The molecule has 6 nitrogen and oxygen atoms in total. The van der Waals surface area contributed by atoms with Crippen molar-refractivity contribution in [2.24, 2.45) is 0 Å². The quantitative estimate of drug-likeness (QED) is 0.282. The predicted molar refractivity (Wildman–Crippen MR) is 130 cm³/mol. The highest BCUT2D eigenvalue weighted by Crippen LogP contribution is 2.39. The number of nitrogens with zero attached hydrogens (tertiary/aromatic N) is 5. The van der Waals surface area contributed by atoms with Crippen LogP contribution < -0.4 is 0 Å². The molecule has 4 heterocycles. The lowest BCUT2D eigenvalue weighted by molar-refractivity contribution is 0.0700. The number of amides is 1. The van der Waals surface area contributed by atoms with Crippen molar-refractivity contribution in [3.8, 4) is 16.3 Å². The van der Waals surface area contributed by atoms with Crippen LogP contribution in [0.3, 0.4) is 0 Å². The number of hydrogen-bond acceptors (Lipinski definition) is 6. The minimum Gasteiger partial charge on any atom is -0.338 e. The molecule has 0 aliphatic carbocycles. The number of aromatic nitrogens is 4. The summed E-state index contributed by atoms with van der Waals surface area (Å²) < 4.78 is 33.0. The maximum absolute atomic E-state index is 13.9. The van der Waals surface area contributed by atoms with Gasteiger partial charge in [0.2, 0.25) is 0 Å². The van der Waals surface area contributed by atoms with Gasteiger partial charge in [0, 0.05) is 24.4 Å². The van der Waals surface area contributed by atoms with E-state index in [4.69, 9.17) is 28.2 Å². The summed E-state index contributed by atoms with van der Waals surface area (Å²) in [7, 11) is 0. The lowest BCUT2D eigenvalue weighted by Crippen LogP contribution is -2.38. The molecule has 0 atom stereocenters. The van der Waals surface area contributed by atoms with Gasteiger partial charge < -0.3 is 4.90 Å². The molecule has 34 heavy (non-hydrogen) atoms. The zero-order chi connectivity index (χ0) is 23.8. The molecule has 0 bridgehead atoms. The monoisotopic (exact) mass is 539 g/mol. The van der Waals surface area contributed by atoms with Crippen molar-refractivity contribution >= 4 is 52.0 Å². The van der Waals surface area contributed by atoms with Crippen LogP contribution in [0.15, 0.2) is 41.9 Å². The zero-order valence-electron chi connectivity index (χ0n) is 17.5. The van der Waals surface area contributed by atoms with Crippen molar-refractivity contribution in [3.05, 3.63) is 68.3 Å². The molecule has 12 heteroatoms. The van der Waals surface area contributed by atoms with Crippen molar-refractivity contribution < 1.29 is 13.6 Å². The number of rotatable bonds is 5. The Bertz CT molecular complexity index is 1320. The lowest BCUT2D eigenvalue weighted by Gasteiger charge is -2.31. The standard InChI is InChI=1S/C22H17Cl2F2N5OS2/c23-16-18(34-29-19(16)24)15-11-33-21(28-15)12-6-8-30(9-7-12)22(32)14-10-27-31(17(14)20(25)26)13-4-2-1-3-5-13/h1-5,10-12,20H,6-9H2. The van der Waals surface area contributed by atoms with Gasteiger partial charge in [0.25, 0.3) is 12.3 Å². The predicted octanol–water partition coefficient (Wildman–Crippen LogP) is 6.72. The summed E-state index contributed by atoms with van der Waals surface area (Å²) >= 11 is 14.9. The molecule has 5 rings (SSSR count). The molecule has 0 unspecified atom stereocenters. The number of carbonyl (C=O) groups excluding carboxylic acids is 1. The molecular weight excluding hydrogens is 523 g/mol. The van der Waals surface area contributed by atoms with E-state index in [2.05, 4.69) is 9.47 Å². The third-order valence-corrected chi connectivity index (χ3v) is 8.56. The number of hydrogen-bond donors (Lipinski definition) is 0. The number of piperidine rings is 1. The van der Waals surface area contributed by atoms with Gasteiger partial charge in [0.1, 0.15) is 5.69 Å². The van der Waals surface area contributed by atoms with Gasteiger partial charge in [-0.1, -0.05) is 41.4 Å². The lowest BCUT2D eigenvalue weighted by atomic mass is 9.97.